The van der Waals surface area contributed by atoms with Crippen LogP contribution >= 0.6 is 0 Å². The van der Waals surface area contributed by atoms with Crippen molar-refractivity contribution in [2.45, 2.75) is 6.54 Å². The zero-order valence-corrected chi connectivity index (χ0v) is 9.12. The van der Waals surface area contributed by atoms with Crippen molar-refractivity contribution in [3.63, 3.8) is 0 Å². The monoisotopic (exact) mass is 211 g/mol. The number of hydrogen-bond acceptors (Lipinski definition) is 3. The molecule has 5 heteroatoms. The van der Waals surface area contributed by atoms with Crippen LogP contribution in [0.25, 0.3) is 0 Å². The summed E-state index contributed by atoms with van der Waals surface area (Å²) in [6.07, 6.45) is 3.34. The summed E-state index contributed by atoms with van der Waals surface area (Å²) in [5, 5.41) is 5.95. The van der Waals surface area contributed by atoms with Gasteiger partial charge in [-0.15, -0.1) is 0 Å². The van der Waals surface area contributed by atoms with Crippen LogP contribution in [-0.4, -0.2) is 38.1 Å². The molecule has 0 unspecified atom stereocenters. The normalized spacial score (nSPS) is 10.0. The summed E-state index contributed by atoms with van der Waals surface area (Å²) in [5.41, 5.74) is 1.11. The molecule has 1 aromatic rings. The van der Waals surface area contributed by atoms with Gasteiger partial charge in [0.2, 0.25) is 0 Å². The van der Waals surface area contributed by atoms with E-state index in [1.165, 1.54) is 4.90 Å². The van der Waals surface area contributed by atoms with Crippen molar-refractivity contribution in [3.8, 4) is 0 Å². The Hall–Kier alpha value is -1.49. The molecule has 0 radical (unpaired) electrons. The lowest BCUT2D eigenvalue weighted by Gasteiger charge is -2.11. The maximum absolute atomic E-state index is 11.1. The van der Waals surface area contributed by atoms with Crippen LogP contribution in [0.2, 0.25) is 0 Å². The highest BCUT2D eigenvalue weighted by atomic mass is 16.3. The van der Waals surface area contributed by atoms with E-state index < -0.39 is 0 Å². The second-order valence-corrected chi connectivity index (χ2v) is 3.43. The molecule has 15 heavy (non-hydrogen) atoms. The summed E-state index contributed by atoms with van der Waals surface area (Å²) in [5.74, 6) is 0. The Kier molecular flexibility index (Phi) is 4.70. The molecule has 0 spiro atoms. The van der Waals surface area contributed by atoms with E-state index in [1.54, 1.807) is 26.6 Å². The number of carbonyl (C=O) groups is 1. The van der Waals surface area contributed by atoms with Gasteiger partial charge in [-0.1, -0.05) is 0 Å². The second kappa shape index (κ2) is 6.08. The maximum atomic E-state index is 11.1. The Balaban J connectivity index is 2.00. The fraction of sp³-hybridized carbons (Fsp3) is 0.500. The van der Waals surface area contributed by atoms with Gasteiger partial charge in [-0.05, 0) is 6.07 Å². The topological polar surface area (TPSA) is 57.5 Å². The molecule has 0 aliphatic rings. The van der Waals surface area contributed by atoms with Crippen molar-refractivity contribution in [3.05, 3.63) is 24.2 Å². The predicted molar refractivity (Wildman–Crippen MR) is 57.5 cm³/mol. The molecule has 0 aromatic carbocycles. The molecule has 0 aliphatic heterocycles. The van der Waals surface area contributed by atoms with Gasteiger partial charge in [0, 0.05) is 39.3 Å². The van der Waals surface area contributed by atoms with Gasteiger partial charge in [0.05, 0.1) is 12.5 Å². The molecular formula is C10H17N3O2. The molecule has 0 aliphatic carbocycles. The van der Waals surface area contributed by atoms with Crippen molar-refractivity contribution >= 4 is 6.03 Å². The average molecular weight is 211 g/mol. The lowest BCUT2D eigenvalue weighted by molar-refractivity contribution is 0.217. The van der Waals surface area contributed by atoms with Gasteiger partial charge in [-0.3, -0.25) is 0 Å². The maximum Gasteiger partial charge on any atom is 0.316 e. The zero-order valence-electron chi connectivity index (χ0n) is 9.12. The molecule has 0 bridgehead atoms. The highest BCUT2D eigenvalue weighted by molar-refractivity contribution is 5.73. The van der Waals surface area contributed by atoms with Crippen molar-refractivity contribution in [1.82, 2.24) is 15.5 Å². The van der Waals surface area contributed by atoms with E-state index in [4.69, 9.17) is 4.42 Å². The Morgan fingerprint density at radius 2 is 2.27 bits per heavy atom. The van der Waals surface area contributed by atoms with Crippen molar-refractivity contribution in [2.75, 3.05) is 27.2 Å². The third-order valence-electron chi connectivity index (χ3n) is 1.89. The van der Waals surface area contributed by atoms with Gasteiger partial charge in [0.25, 0.3) is 0 Å². The molecule has 0 saturated heterocycles. The molecule has 5 nitrogen and oxygen atoms in total. The van der Waals surface area contributed by atoms with Crippen LogP contribution in [0.1, 0.15) is 5.56 Å². The summed E-state index contributed by atoms with van der Waals surface area (Å²) < 4.78 is 4.92. The summed E-state index contributed by atoms with van der Waals surface area (Å²) in [7, 11) is 3.43. The highest BCUT2D eigenvalue weighted by Crippen LogP contribution is 1.97. The third-order valence-corrected chi connectivity index (χ3v) is 1.89. The largest absolute Gasteiger partial charge is 0.472 e. The summed E-state index contributed by atoms with van der Waals surface area (Å²) in [6.45, 7) is 2.12. The van der Waals surface area contributed by atoms with Gasteiger partial charge in [0.15, 0.2) is 0 Å². The fourth-order valence-corrected chi connectivity index (χ4v) is 1.04. The average Bonchev–Trinajstić information content (AvgIpc) is 2.69. The minimum absolute atomic E-state index is 0.0693. The van der Waals surface area contributed by atoms with Crippen molar-refractivity contribution < 1.29 is 9.21 Å². The highest BCUT2D eigenvalue weighted by Gasteiger charge is 2.00. The number of nitrogens with zero attached hydrogens (tertiary/aromatic N) is 1. The lowest BCUT2D eigenvalue weighted by Crippen LogP contribution is -2.38. The standard InChI is InChI=1S/C10H17N3O2/c1-13(2)10(14)12-5-4-11-7-9-3-6-15-8-9/h3,6,8,11H,4-5,7H2,1-2H3,(H,12,14). The minimum atomic E-state index is -0.0693. The smallest absolute Gasteiger partial charge is 0.316 e. The zero-order chi connectivity index (χ0) is 11.1. The summed E-state index contributed by atoms with van der Waals surface area (Å²) >= 11 is 0. The van der Waals surface area contributed by atoms with Crippen molar-refractivity contribution in [1.29, 1.82) is 0 Å². The number of carbonyl (C=O) groups excluding carboxylic acids is 1. The Morgan fingerprint density at radius 3 is 2.87 bits per heavy atom. The molecule has 0 saturated carbocycles. The van der Waals surface area contributed by atoms with Crippen LogP contribution in [-0.2, 0) is 6.54 Å². The van der Waals surface area contributed by atoms with Crippen LogP contribution in [0, 0.1) is 0 Å². The Bertz CT molecular complexity index is 283. The molecular weight excluding hydrogens is 194 g/mol. The number of furan rings is 1. The van der Waals surface area contributed by atoms with Crippen molar-refractivity contribution in [2.24, 2.45) is 0 Å². The van der Waals surface area contributed by atoms with Gasteiger partial charge in [-0.25, -0.2) is 4.79 Å². The first kappa shape index (κ1) is 11.6. The minimum Gasteiger partial charge on any atom is -0.472 e. The molecule has 2 N–H and O–H groups in total. The number of amides is 2. The van der Waals surface area contributed by atoms with Gasteiger partial charge < -0.3 is 20.0 Å². The number of hydrogen-bond donors (Lipinski definition) is 2. The van der Waals surface area contributed by atoms with E-state index >= 15 is 0 Å². The predicted octanol–water partition coefficient (Wildman–Crippen LogP) is 0.640. The van der Waals surface area contributed by atoms with E-state index in [0.717, 1.165) is 18.7 Å². The van der Waals surface area contributed by atoms with Crippen LogP contribution in [0.4, 0.5) is 4.79 Å². The third kappa shape index (κ3) is 4.51. The van der Waals surface area contributed by atoms with E-state index in [9.17, 15) is 4.79 Å². The molecule has 1 heterocycles. The quantitative estimate of drug-likeness (QED) is 0.703. The van der Waals surface area contributed by atoms with Crippen LogP contribution in [0.15, 0.2) is 23.0 Å². The fourth-order valence-electron chi connectivity index (χ4n) is 1.04. The van der Waals surface area contributed by atoms with Crippen LogP contribution in [0.5, 0.6) is 0 Å². The summed E-state index contributed by atoms with van der Waals surface area (Å²) in [6, 6.07) is 1.84. The van der Waals surface area contributed by atoms with E-state index in [-0.39, 0.29) is 6.03 Å². The molecule has 0 atom stereocenters. The molecule has 2 amide bonds. The molecule has 84 valence electrons. The first-order valence-electron chi connectivity index (χ1n) is 4.87. The number of nitrogens with one attached hydrogen (secondary N) is 2. The lowest BCUT2D eigenvalue weighted by atomic mass is 10.3. The van der Waals surface area contributed by atoms with E-state index in [1.807, 2.05) is 6.07 Å². The number of rotatable bonds is 5. The SMILES string of the molecule is CN(C)C(=O)NCCNCc1ccoc1. The molecule has 0 fully saturated rings. The van der Waals surface area contributed by atoms with E-state index in [2.05, 4.69) is 10.6 Å². The van der Waals surface area contributed by atoms with E-state index in [0.29, 0.717) is 6.54 Å². The molecule has 1 rings (SSSR count). The van der Waals surface area contributed by atoms with Gasteiger partial charge in [0.1, 0.15) is 0 Å². The van der Waals surface area contributed by atoms with Gasteiger partial charge >= 0.3 is 6.03 Å². The summed E-state index contributed by atoms with van der Waals surface area (Å²) in [4.78, 5) is 12.6. The Labute approximate surface area is 89.4 Å². The number of urea groups is 1. The first-order valence-corrected chi connectivity index (χ1v) is 4.87. The Morgan fingerprint density at radius 1 is 1.47 bits per heavy atom. The first-order chi connectivity index (χ1) is 7.20. The van der Waals surface area contributed by atoms with Crippen LogP contribution in [0.3, 0.4) is 0 Å². The molecule has 1 aromatic heterocycles. The van der Waals surface area contributed by atoms with Crippen LogP contribution < -0.4 is 10.6 Å². The second-order valence-electron chi connectivity index (χ2n) is 3.43. The van der Waals surface area contributed by atoms with Gasteiger partial charge in [-0.2, -0.15) is 0 Å².